The van der Waals surface area contributed by atoms with Gasteiger partial charge in [0.25, 0.3) is 5.56 Å². The molecule has 3 rings (SSSR count). The van der Waals surface area contributed by atoms with Crippen molar-refractivity contribution in [3.05, 3.63) is 33.2 Å². The summed E-state index contributed by atoms with van der Waals surface area (Å²) in [5.41, 5.74) is 1.97. The van der Waals surface area contributed by atoms with Crippen molar-refractivity contribution in [1.29, 1.82) is 0 Å². The number of aromatic nitrogens is 2. The van der Waals surface area contributed by atoms with Crippen molar-refractivity contribution in [2.75, 3.05) is 0 Å². The molecule has 0 radical (unpaired) electrons. The van der Waals surface area contributed by atoms with Crippen molar-refractivity contribution in [2.45, 2.75) is 50.0 Å². The van der Waals surface area contributed by atoms with E-state index in [0.717, 1.165) is 27.4 Å². The van der Waals surface area contributed by atoms with Crippen LogP contribution >= 0.6 is 23.1 Å². The number of nitrogens with zero attached hydrogens (tertiary/aromatic N) is 2. The number of rotatable bonds is 3. The monoisotopic (exact) mass is 294 g/mol. The lowest BCUT2D eigenvalue weighted by atomic mass is 10.0. The van der Waals surface area contributed by atoms with E-state index in [2.05, 4.69) is 4.98 Å². The van der Waals surface area contributed by atoms with Gasteiger partial charge in [-0.2, -0.15) is 11.8 Å². The first-order chi connectivity index (χ1) is 9.24. The highest BCUT2D eigenvalue weighted by Crippen LogP contribution is 2.30. The second kappa shape index (κ2) is 5.67. The van der Waals surface area contributed by atoms with Gasteiger partial charge >= 0.3 is 0 Å². The Morgan fingerprint density at radius 1 is 1.42 bits per heavy atom. The van der Waals surface area contributed by atoms with Crippen LogP contribution in [-0.4, -0.2) is 14.6 Å². The van der Waals surface area contributed by atoms with Crippen LogP contribution in [0.3, 0.4) is 0 Å². The maximum Gasteiger partial charge on any atom is 0.258 e. The topological polar surface area (TPSA) is 34.4 Å². The summed E-state index contributed by atoms with van der Waals surface area (Å²) in [7, 11) is 0. The Bertz CT molecular complexity index is 626. The van der Waals surface area contributed by atoms with Crippen LogP contribution in [0.2, 0.25) is 0 Å². The van der Waals surface area contributed by atoms with Crippen LogP contribution in [0.25, 0.3) is 4.96 Å². The van der Waals surface area contributed by atoms with Crippen molar-refractivity contribution in [2.24, 2.45) is 0 Å². The van der Waals surface area contributed by atoms with Crippen molar-refractivity contribution >= 4 is 28.1 Å². The van der Waals surface area contributed by atoms with Gasteiger partial charge < -0.3 is 0 Å². The lowest BCUT2D eigenvalue weighted by Gasteiger charge is -2.20. The van der Waals surface area contributed by atoms with Gasteiger partial charge in [-0.3, -0.25) is 9.20 Å². The average Bonchev–Trinajstić information content (AvgIpc) is 2.80. The zero-order valence-electron chi connectivity index (χ0n) is 11.1. The number of aryl methyl sites for hydroxylation is 1. The molecule has 5 heteroatoms. The van der Waals surface area contributed by atoms with Crippen LogP contribution in [-0.2, 0) is 5.75 Å². The highest BCUT2D eigenvalue weighted by atomic mass is 32.2. The summed E-state index contributed by atoms with van der Waals surface area (Å²) in [5.74, 6) is 0.868. The van der Waals surface area contributed by atoms with Crippen LogP contribution in [0.5, 0.6) is 0 Å². The molecule has 2 aromatic heterocycles. The van der Waals surface area contributed by atoms with Crippen molar-refractivity contribution in [3.8, 4) is 0 Å². The highest BCUT2D eigenvalue weighted by molar-refractivity contribution is 7.99. The summed E-state index contributed by atoms with van der Waals surface area (Å²) in [6.45, 7) is 1.95. The third-order valence-corrected chi connectivity index (χ3v) is 6.00. The van der Waals surface area contributed by atoms with Crippen LogP contribution in [0, 0.1) is 6.92 Å². The van der Waals surface area contributed by atoms with E-state index in [-0.39, 0.29) is 5.56 Å². The third kappa shape index (κ3) is 2.87. The van der Waals surface area contributed by atoms with Gasteiger partial charge in [0, 0.05) is 28.1 Å². The van der Waals surface area contributed by atoms with E-state index in [0.29, 0.717) is 0 Å². The van der Waals surface area contributed by atoms with Gasteiger partial charge in [-0.15, -0.1) is 11.3 Å². The third-order valence-electron chi connectivity index (χ3n) is 3.65. The minimum Gasteiger partial charge on any atom is -0.269 e. The molecule has 0 N–H and O–H groups in total. The number of thioether (sulfide) groups is 1. The normalized spacial score (nSPS) is 17.1. The first-order valence-electron chi connectivity index (χ1n) is 6.82. The zero-order valence-corrected chi connectivity index (χ0v) is 12.7. The molecule has 0 spiro atoms. The van der Waals surface area contributed by atoms with Gasteiger partial charge in [-0.25, -0.2) is 4.98 Å². The van der Waals surface area contributed by atoms with Crippen LogP contribution in [0.1, 0.15) is 43.5 Å². The summed E-state index contributed by atoms with van der Waals surface area (Å²) in [6.07, 6.45) is 6.75. The lowest BCUT2D eigenvalue weighted by Crippen LogP contribution is -2.15. The molecule has 2 heterocycles. The zero-order chi connectivity index (χ0) is 13.2. The highest BCUT2D eigenvalue weighted by Gasteiger charge is 2.14. The largest absolute Gasteiger partial charge is 0.269 e. The van der Waals surface area contributed by atoms with Crippen molar-refractivity contribution in [3.63, 3.8) is 0 Å². The number of hydrogen-bond acceptors (Lipinski definition) is 4. The maximum atomic E-state index is 12.1. The average molecular weight is 294 g/mol. The predicted molar refractivity (Wildman–Crippen MR) is 82.2 cm³/mol. The number of fused-ring (bicyclic) bond motifs is 1. The molecule has 2 aromatic rings. The molecule has 0 amide bonds. The second-order valence-corrected chi connectivity index (χ2v) is 7.28. The molecule has 3 nitrogen and oxygen atoms in total. The number of hydrogen-bond donors (Lipinski definition) is 0. The minimum atomic E-state index is 0.0583. The summed E-state index contributed by atoms with van der Waals surface area (Å²) in [6, 6.07) is 1.70. The van der Waals surface area contributed by atoms with E-state index in [9.17, 15) is 4.79 Å². The lowest BCUT2D eigenvalue weighted by molar-refractivity contribution is 0.516. The SMILES string of the molecule is Cc1csc2nc(CSC3CCCCC3)cc(=O)n12. The maximum absolute atomic E-state index is 12.1. The van der Waals surface area contributed by atoms with Crippen LogP contribution in [0.4, 0.5) is 0 Å². The van der Waals surface area contributed by atoms with Crippen LogP contribution in [0.15, 0.2) is 16.2 Å². The molecule has 0 atom stereocenters. The molecule has 1 saturated carbocycles. The predicted octanol–water partition coefficient (Wildman–Crippen LogP) is 3.63. The van der Waals surface area contributed by atoms with E-state index >= 15 is 0 Å². The molecule has 0 bridgehead atoms. The summed E-state index contributed by atoms with van der Waals surface area (Å²) >= 11 is 3.51. The molecule has 0 unspecified atom stereocenters. The Hall–Kier alpha value is -0.810. The molecule has 19 heavy (non-hydrogen) atoms. The molecule has 1 aliphatic carbocycles. The molecule has 102 valence electrons. The van der Waals surface area contributed by atoms with Gasteiger partial charge in [-0.05, 0) is 19.8 Å². The van der Waals surface area contributed by atoms with Crippen molar-refractivity contribution in [1.82, 2.24) is 9.38 Å². The fourth-order valence-corrected chi connectivity index (χ4v) is 4.72. The van der Waals surface area contributed by atoms with Crippen molar-refractivity contribution < 1.29 is 0 Å². The molecule has 0 saturated heterocycles. The van der Waals surface area contributed by atoms with E-state index in [1.807, 2.05) is 24.1 Å². The fraction of sp³-hybridized carbons (Fsp3) is 0.571. The first-order valence-corrected chi connectivity index (χ1v) is 8.75. The van der Waals surface area contributed by atoms with Gasteiger partial charge in [-0.1, -0.05) is 19.3 Å². The molecule has 1 fully saturated rings. The van der Waals surface area contributed by atoms with E-state index in [1.54, 1.807) is 21.8 Å². The summed E-state index contributed by atoms with van der Waals surface area (Å²) in [4.78, 5) is 17.5. The summed E-state index contributed by atoms with van der Waals surface area (Å²) < 4.78 is 1.69. The molecule has 0 aromatic carbocycles. The first kappa shape index (κ1) is 13.2. The molecule has 0 aliphatic heterocycles. The smallest absolute Gasteiger partial charge is 0.258 e. The van der Waals surface area contributed by atoms with Gasteiger partial charge in [0.05, 0.1) is 5.69 Å². The molecule has 1 aliphatic rings. The van der Waals surface area contributed by atoms with Gasteiger partial charge in [0.2, 0.25) is 0 Å². The van der Waals surface area contributed by atoms with E-state index in [4.69, 9.17) is 0 Å². The standard InChI is InChI=1S/C14H18N2OS2/c1-10-8-19-14-15-11(7-13(17)16(10)14)9-18-12-5-3-2-4-6-12/h7-8,12H,2-6,9H2,1H3. The fourth-order valence-electron chi connectivity index (χ4n) is 2.61. The Morgan fingerprint density at radius 3 is 3.00 bits per heavy atom. The summed E-state index contributed by atoms with van der Waals surface area (Å²) in [5, 5.41) is 2.75. The number of thiazole rings is 1. The van der Waals surface area contributed by atoms with E-state index < -0.39 is 0 Å². The van der Waals surface area contributed by atoms with Crippen LogP contribution < -0.4 is 5.56 Å². The molecular formula is C14H18N2OS2. The quantitative estimate of drug-likeness (QED) is 0.867. The van der Waals surface area contributed by atoms with Gasteiger partial charge in [0.1, 0.15) is 0 Å². The Kier molecular flexibility index (Phi) is 3.93. The Morgan fingerprint density at radius 2 is 2.21 bits per heavy atom. The molecular weight excluding hydrogens is 276 g/mol. The second-order valence-electron chi connectivity index (χ2n) is 5.15. The van der Waals surface area contributed by atoms with Gasteiger partial charge in [0.15, 0.2) is 4.96 Å². The Balaban J connectivity index is 1.76. The Labute approximate surface area is 121 Å². The minimum absolute atomic E-state index is 0.0583. The van der Waals surface area contributed by atoms with E-state index in [1.165, 1.54) is 32.1 Å².